The molecular weight excluding hydrogens is 240 g/mol. The maximum Gasteiger partial charge on any atom is -0.0323 e. The smallest absolute Gasteiger partial charge is 0.0323 e. The lowest BCUT2D eigenvalue weighted by Crippen LogP contribution is -2.36. The minimum absolute atomic E-state index is 0.615. The molecule has 0 spiro atoms. The van der Waals surface area contributed by atoms with Gasteiger partial charge in [-0.2, -0.15) is 0 Å². The summed E-state index contributed by atoms with van der Waals surface area (Å²) in [6.45, 7) is 5.21. The van der Waals surface area contributed by atoms with Crippen LogP contribution < -0.4 is 0 Å². The van der Waals surface area contributed by atoms with Gasteiger partial charge < -0.3 is 0 Å². The fourth-order valence-corrected chi connectivity index (χ4v) is 6.05. The van der Waals surface area contributed by atoms with Crippen LogP contribution in [-0.4, -0.2) is 0 Å². The van der Waals surface area contributed by atoms with Crippen LogP contribution in [0.25, 0.3) is 0 Å². The van der Waals surface area contributed by atoms with Crippen LogP contribution in [0.3, 0.4) is 0 Å². The van der Waals surface area contributed by atoms with E-state index in [-0.39, 0.29) is 0 Å². The summed E-state index contributed by atoms with van der Waals surface area (Å²) in [6, 6.07) is 0. The van der Waals surface area contributed by atoms with Crippen LogP contribution in [0.5, 0.6) is 0 Å². The van der Waals surface area contributed by atoms with Crippen molar-refractivity contribution in [1.82, 2.24) is 0 Å². The van der Waals surface area contributed by atoms with E-state index in [9.17, 15) is 0 Å². The molecule has 0 bridgehead atoms. The molecule has 116 valence electrons. The number of hydrogen-bond donors (Lipinski definition) is 0. The summed E-state index contributed by atoms with van der Waals surface area (Å²) in [4.78, 5) is 0. The summed E-state index contributed by atoms with van der Waals surface area (Å²) in [6.07, 6.45) is 19.9. The Morgan fingerprint density at radius 2 is 1.35 bits per heavy atom. The molecule has 0 nitrogen and oxygen atoms in total. The summed E-state index contributed by atoms with van der Waals surface area (Å²) in [7, 11) is 0. The molecule has 3 rings (SSSR count). The van der Waals surface area contributed by atoms with Crippen molar-refractivity contribution in [3.63, 3.8) is 0 Å². The number of fused-ring (bicyclic) bond motifs is 1. The van der Waals surface area contributed by atoms with Crippen LogP contribution in [0.4, 0.5) is 0 Å². The molecule has 0 amide bonds. The SMILES string of the molecule is CC(C)(CC1CCCC2CCCCC21)C1CCCCC1. The third kappa shape index (κ3) is 3.25. The summed E-state index contributed by atoms with van der Waals surface area (Å²) in [5, 5.41) is 0. The molecule has 20 heavy (non-hydrogen) atoms. The quantitative estimate of drug-likeness (QED) is 0.545. The molecule has 0 radical (unpaired) electrons. The molecule has 0 aromatic heterocycles. The molecule has 0 N–H and O–H groups in total. The van der Waals surface area contributed by atoms with Crippen LogP contribution in [0.2, 0.25) is 0 Å². The van der Waals surface area contributed by atoms with Gasteiger partial charge >= 0.3 is 0 Å². The van der Waals surface area contributed by atoms with Crippen LogP contribution in [0, 0.1) is 29.1 Å². The normalized spacial score (nSPS) is 36.6. The lowest BCUT2D eigenvalue weighted by atomic mass is 9.59. The van der Waals surface area contributed by atoms with Gasteiger partial charge in [-0.3, -0.25) is 0 Å². The fraction of sp³-hybridized carbons (Fsp3) is 1.00. The Morgan fingerprint density at radius 3 is 2.15 bits per heavy atom. The molecule has 3 atom stereocenters. The first-order chi connectivity index (χ1) is 9.67. The first-order valence-corrected chi connectivity index (χ1v) is 9.67. The lowest BCUT2D eigenvalue weighted by molar-refractivity contribution is 0.0420. The second-order valence-electron chi connectivity index (χ2n) is 8.93. The van der Waals surface area contributed by atoms with Gasteiger partial charge in [-0.1, -0.05) is 71.6 Å². The Bertz CT molecular complexity index is 295. The zero-order valence-electron chi connectivity index (χ0n) is 14.0. The van der Waals surface area contributed by atoms with E-state index < -0.39 is 0 Å². The van der Waals surface area contributed by atoms with Crippen LogP contribution >= 0.6 is 0 Å². The lowest BCUT2D eigenvalue weighted by Gasteiger charge is -2.46. The van der Waals surface area contributed by atoms with Crippen molar-refractivity contribution in [3.8, 4) is 0 Å². The van der Waals surface area contributed by atoms with E-state index in [1.165, 1.54) is 51.4 Å². The highest BCUT2D eigenvalue weighted by atomic mass is 14.4. The van der Waals surface area contributed by atoms with Gasteiger partial charge in [0.05, 0.1) is 0 Å². The van der Waals surface area contributed by atoms with Crippen molar-refractivity contribution >= 4 is 0 Å². The Labute approximate surface area is 127 Å². The van der Waals surface area contributed by atoms with Gasteiger partial charge in [0.2, 0.25) is 0 Å². The van der Waals surface area contributed by atoms with Crippen molar-refractivity contribution in [3.05, 3.63) is 0 Å². The van der Waals surface area contributed by atoms with Gasteiger partial charge in [0.15, 0.2) is 0 Å². The standard InChI is InChI=1S/C20H36/c1-20(2,18-12-4-3-5-13-18)15-17-11-8-10-16-9-6-7-14-19(16)17/h16-19H,3-15H2,1-2H3. The predicted octanol–water partition coefficient (Wildman–Crippen LogP) is 6.59. The van der Waals surface area contributed by atoms with Gasteiger partial charge in [-0.15, -0.1) is 0 Å². The van der Waals surface area contributed by atoms with Crippen molar-refractivity contribution in [2.75, 3.05) is 0 Å². The van der Waals surface area contributed by atoms with Crippen LogP contribution in [0.1, 0.15) is 97.3 Å². The Morgan fingerprint density at radius 1 is 0.700 bits per heavy atom. The Hall–Kier alpha value is 0. The van der Waals surface area contributed by atoms with E-state index >= 15 is 0 Å². The topological polar surface area (TPSA) is 0 Å². The van der Waals surface area contributed by atoms with Gasteiger partial charge in [0.25, 0.3) is 0 Å². The molecule has 0 heterocycles. The van der Waals surface area contributed by atoms with Gasteiger partial charge in [-0.05, 0) is 54.8 Å². The van der Waals surface area contributed by atoms with E-state index in [0.717, 1.165) is 23.7 Å². The van der Waals surface area contributed by atoms with Gasteiger partial charge in [0, 0.05) is 0 Å². The zero-order chi connectivity index (χ0) is 14.0. The third-order valence-corrected chi connectivity index (χ3v) is 7.22. The molecule has 3 aliphatic rings. The predicted molar refractivity (Wildman–Crippen MR) is 87.8 cm³/mol. The third-order valence-electron chi connectivity index (χ3n) is 7.22. The maximum absolute atomic E-state index is 2.61. The van der Waals surface area contributed by atoms with Crippen LogP contribution in [0.15, 0.2) is 0 Å². The molecule has 3 aliphatic carbocycles. The second-order valence-corrected chi connectivity index (χ2v) is 8.93. The first-order valence-electron chi connectivity index (χ1n) is 9.67. The van der Waals surface area contributed by atoms with E-state index in [1.807, 2.05) is 0 Å². The van der Waals surface area contributed by atoms with Gasteiger partial charge in [0.1, 0.15) is 0 Å². The van der Waals surface area contributed by atoms with E-state index in [1.54, 1.807) is 32.1 Å². The zero-order valence-corrected chi connectivity index (χ0v) is 14.0. The largest absolute Gasteiger partial charge is 0.0596 e. The number of hydrogen-bond acceptors (Lipinski definition) is 0. The van der Waals surface area contributed by atoms with Crippen molar-refractivity contribution in [1.29, 1.82) is 0 Å². The maximum atomic E-state index is 2.61. The van der Waals surface area contributed by atoms with Crippen molar-refractivity contribution < 1.29 is 0 Å². The molecular formula is C20H36. The summed E-state index contributed by atoms with van der Waals surface area (Å²) >= 11 is 0. The van der Waals surface area contributed by atoms with Gasteiger partial charge in [-0.25, -0.2) is 0 Å². The van der Waals surface area contributed by atoms with Crippen molar-refractivity contribution in [2.24, 2.45) is 29.1 Å². The summed E-state index contributed by atoms with van der Waals surface area (Å²) in [5.41, 5.74) is 0.615. The molecule has 3 saturated carbocycles. The average molecular weight is 277 g/mol. The van der Waals surface area contributed by atoms with E-state index in [4.69, 9.17) is 0 Å². The minimum atomic E-state index is 0.615. The molecule has 0 saturated heterocycles. The molecule has 3 fully saturated rings. The number of rotatable bonds is 3. The van der Waals surface area contributed by atoms with E-state index in [0.29, 0.717) is 5.41 Å². The molecule has 0 aliphatic heterocycles. The molecule has 3 unspecified atom stereocenters. The highest BCUT2D eigenvalue weighted by Gasteiger charge is 2.39. The second kappa shape index (κ2) is 6.41. The molecule has 0 aromatic rings. The fourth-order valence-electron chi connectivity index (χ4n) is 6.05. The molecule has 0 heteroatoms. The monoisotopic (exact) mass is 276 g/mol. The van der Waals surface area contributed by atoms with Crippen molar-refractivity contribution in [2.45, 2.75) is 97.3 Å². The molecule has 0 aromatic carbocycles. The highest BCUT2D eigenvalue weighted by molar-refractivity contribution is 4.90. The highest BCUT2D eigenvalue weighted by Crippen LogP contribution is 2.50. The van der Waals surface area contributed by atoms with Crippen LogP contribution in [-0.2, 0) is 0 Å². The summed E-state index contributed by atoms with van der Waals surface area (Å²) in [5.74, 6) is 4.33. The van der Waals surface area contributed by atoms with E-state index in [2.05, 4.69) is 13.8 Å². The minimum Gasteiger partial charge on any atom is -0.0596 e. The first kappa shape index (κ1) is 14.9. The average Bonchev–Trinajstić information content (AvgIpc) is 2.48. The Kier molecular flexibility index (Phi) is 4.78. The Balaban J connectivity index is 1.62. The summed E-state index contributed by atoms with van der Waals surface area (Å²) < 4.78 is 0.